The minimum absolute atomic E-state index is 0.229. The fraction of sp³-hybridized carbons (Fsp3) is 0.385. The zero-order chi connectivity index (χ0) is 13.5. The van der Waals surface area contributed by atoms with Crippen LogP contribution in [0.4, 0.5) is 0 Å². The van der Waals surface area contributed by atoms with Gasteiger partial charge in [-0.05, 0) is 18.9 Å². The highest BCUT2D eigenvalue weighted by molar-refractivity contribution is 5.96. The number of carbonyl (C=O) groups is 2. The van der Waals surface area contributed by atoms with E-state index in [-0.39, 0.29) is 6.61 Å². The van der Waals surface area contributed by atoms with Crippen molar-refractivity contribution in [2.24, 2.45) is 5.92 Å². The highest BCUT2D eigenvalue weighted by Gasteiger charge is 2.22. The standard InChI is InChI=1S/C13H17NO4/c1-9(13(17)18)12(16)14-11(8-15)7-10-5-3-2-4-6-10/h2-6,9,11,15H,7-8H2,1H3,(H,14,16)(H,17,18). The molecule has 0 bridgehead atoms. The van der Waals surface area contributed by atoms with Gasteiger partial charge in [0.05, 0.1) is 12.6 Å². The normalized spacial score (nSPS) is 13.7. The summed E-state index contributed by atoms with van der Waals surface area (Å²) in [6.45, 7) is 1.08. The molecule has 5 heteroatoms. The number of aliphatic carboxylic acids is 1. The van der Waals surface area contributed by atoms with E-state index in [1.165, 1.54) is 6.92 Å². The van der Waals surface area contributed by atoms with Gasteiger partial charge in [-0.15, -0.1) is 0 Å². The smallest absolute Gasteiger partial charge is 0.315 e. The third-order valence-corrected chi connectivity index (χ3v) is 2.66. The van der Waals surface area contributed by atoms with Gasteiger partial charge in [-0.1, -0.05) is 30.3 Å². The number of aliphatic hydroxyl groups is 1. The minimum atomic E-state index is -1.18. The molecule has 3 N–H and O–H groups in total. The van der Waals surface area contributed by atoms with E-state index < -0.39 is 23.8 Å². The lowest BCUT2D eigenvalue weighted by molar-refractivity contribution is -0.146. The monoisotopic (exact) mass is 251 g/mol. The molecule has 1 rings (SSSR count). The molecule has 0 aliphatic carbocycles. The number of aliphatic hydroxyl groups excluding tert-OH is 1. The Morgan fingerprint density at radius 3 is 2.39 bits per heavy atom. The van der Waals surface area contributed by atoms with E-state index in [4.69, 9.17) is 5.11 Å². The summed E-state index contributed by atoms with van der Waals surface area (Å²) in [7, 11) is 0. The van der Waals surface area contributed by atoms with E-state index in [2.05, 4.69) is 5.32 Å². The second kappa shape index (κ2) is 6.76. The Morgan fingerprint density at radius 2 is 1.89 bits per heavy atom. The Bertz CT molecular complexity index is 405. The Morgan fingerprint density at radius 1 is 1.28 bits per heavy atom. The van der Waals surface area contributed by atoms with Gasteiger partial charge in [-0.3, -0.25) is 9.59 Å². The zero-order valence-corrected chi connectivity index (χ0v) is 10.2. The molecule has 1 aromatic carbocycles. The second-order valence-corrected chi connectivity index (χ2v) is 4.14. The molecule has 0 aromatic heterocycles. The summed E-state index contributed by atoms with van der Waals surface area (Å²) in [4.78, 5) is 22.2. The van der Waals surface area contributed by atoms with Crippen molar-refractivity contribution >= 4 is 11.9 Å². The molecule has 0 saturated heterocycles. The fourth-order valence-electron chi connectivity index (χ4n) is 1.50. The van der Waals surface area contributed by atoms with Crippen LogP contribution in [0, 0.1) is 5.92 Å². The number of amides is 1. The van der Waals surface area contributed by atoms with Crippen molar-refractivity contribution in [2.75, 3.05) is 6.61 Å². The molecule has 0 aliphatic heterocycles. The molecule has 0 aliphatic rings. The lowest BCUT2D eigenvalue weighted by Gasteiger charge is -2.17. The minimum Gasteiger partial charge on any atom is -0.481 e. The number of benzene rings is 1. The summed E-state index contributed by atoms with van der Waals surface area (Å²) >= 11 is 0. The number of carboxylic acid groups (broad SMARTS) is 1. The molecular formula is C13H17NO4. The molecule has 0 radical (unpaired) electrons. The van der Waals surface area contributed by atoms with Crippen molar-refractivity contribution in [1.82, 2.24) is 5.32 Å². The molecule has 98 valence electrons. The van der Waals surface area contributed by atoms with Crippen LogP contribution in [0.25, 0.3) is 0 Å². The van der Waals surface area contributed by atoms with Crippen molar-refractivity contribution < 1.29 is 19.8 Å². The molecule has 0 spiro atoms. The molecule has 5 nitrogen and oxygen atoms in total. The fourth-order valence-corrected chi connectivity index (χ4v) is 1.50. The number of nitrogens with one attached hydrogen (secondary N) is 1. The van der Waals surface area contributed by atoms with E-state index in [0.29, 0.717) is 6.42 Å². The zero-order valence-electron chi connectivity index (χ0n) is 10.2. The molecule has 18 heavy (non-hydrogen) atoms. The van der Waals surface area contributed by atoms with Crippen LogP contribution in [0.5, 0.6) is 0 Å². The van der Waals surface area contributed by atoms with E-state index in [0.717, 1.165) is 5.56 Å². The summed E-state index contributed by atoms with van der Waals surface area (Å²) in [6, 6.07) is 8.91. The van der Waals surface area contributed by atoms with Crippen molar-refractivity contribution in [3.05, 3.63) is 35.9 Å². The van der Waals surface area contributed by atoms with Crippen molar-refractivity contribution in [3.8, 4) is 0 Å². The number of carbonyl (C=O) groups excluding carboxylic acids is 1. The van der Waals surface area contributed by atoms with Crippen LogP contribution < -0.4 is 5.32 Å². The first kappa shape index (κ1) is 14.2. The number of hydrogen-bond acceptors (Lipinski definition) is 3. The first-order chi connectivity index (χ1) is 8.54. The molecule has 0 fully saturated rings. The Balaban J connectivity index is 2.57. The third-order valence-electron chi connectivity index (χ3n) is 2.66. The molecule has 2 atom stereocenters. The van der Waals surface area contributed by atoms with Crippen LogP contribution >= 0.6 is 0 Å². The van der Waals surface area contributed by atoms with E-state index in [1.54, 1.807) is 0 Å². The molecular weight excluding hydrogens is 234 g/mol. The summed E-state index contributed by atoms with van der Waals surface area (Å²) in [5.74, 6) is -2.88. The van der Waals surface area contributed by atoms with Gasteiger partial charge in [-0.25, -0.2) is 0 Å². The van der Waals surface area contributed by atoms with Crippen LogP contribution in [0.15, 0.2) is 30.3 Å². The van der Waals surface area contributed by atoms with Crippen LogP contribution in [0.1, 0.15) is 12.5 Å². The maximum Gasteiger partial charge on any atom is 0.315 e. The van der Waals surface area contributed by atoms with Gasteiger partial charge in [-0.2, -0.15) is 0 Å². The predicted octanol–water partition coefficient (Wildman–Crippen LogP) is 0.427. The van der Waals surface area contributed by atoms with Crippen molar-refractivity contribution in [2.45, 2.75) is 19.4 Å². The Kier molecular flexibility index (Phi) is 5.32. The summed E-state index contributed by atoms with van der Waals surface area (Å²) in [5.41, 5.74) is 0.972. The lowest BCUT2D eigenvalue weighted by Crippen LogP contribution is -2.43. The highest BCUT2D eigenvalue weighted by Crippen LogP contribution is 2.04. The average molecular weight is 251 g/mol. The van der Waals surface area contributed by atoms with E-state index >= 15 is 0 Å². The van der Waals surface area contributed by atoms with Gasteiger partial charge >= 0.3 is 5.97 Å². The Hall–Kier alpha value is -1.88. The second-order valence-electron chi connectivity index (χ2n) is 4.14. The number of rotatable bonds is 6. The van der Waals surface area contributed by atoms with Crippen LogP contribution in [0.2, 0.25) is 0 Å². The molecule has 1 aromatic rings. The van der Waals surface area contributed by atoms with Crippen LogP contribution in [0.3, 0.4) is 0 Å². The maximum absolute atomic E-state index is 11.5. The molecule has 0 heterocycles. The summed E-state index contributed by atoms with van der Waals surface area (Å²) < 4.78 is 0. The maximum atomic E-state index is 11.5. The number of carboxylic acids is 1. The summed E-state index contributed by atoms with van der Waals surface area (Å²) in [5, 5.41) is 20.4. The predicted molar refractivity (Wildman–Crippen MR) is 66.0 cm³/mol. The molecule has 2 unspecified atom stereocenters. The van der Waals surface area contributed by atoms with Crippen molar-refractivity contribution in [3.63, 3.8) is 0 Å². The lowest BCUT2D eigenvalue weighted by atomic mass is 10.1. The van der Waals surface area contributed by atoms with E-state index in [9.17, 15) is 14.7 Å². The van der Waals surface area contributed by atoms with E-state index in [1.807, 2.05) is 30.3 Å². The first-order valence-electron chi connectivity index (χ1n) is 5.72. The molecule has 1 amide bonds. The number of hydrogen-bond donors (Lipinski definition) is 3. The Labute approximate surface area is 105 Å². The van der Waals surface area contributed by atoms with Gasteiger partial charge in [0.2, 0.25) is 5.91 Å². The van der Waals surface area contributed by atoms with Crippen molar-refractivity contribution in [1.29, 1.82) is 0 Å². The quantitative estimate of drug-likeness (QED) is 0.640. The van der Waals surface area contributed by atoms with Crippen LogP contribution in [-0.4, -0.2) is 34.7 Å². The van der Waals surface area contributed by atoms with Gasteiger partial charge in [0.1, 0.15) is 5.92 Å². The highest BCUT2D eigenvalue weighted by atomic mass is 16.4. The SMILES string of the molecule is CC(C(=O)O)C(=O)NC(CO)Cc1ccccc1. The third kappa shape index (κ3) is 4.18. The van der Waals surface area contributed by atoms with Gasteiger partial charge in [0.25, 0.3) is 0 Å². The van der Waals surface area contributed by atoms with Crippen LogP contribution in [-0.2, 0) is 16.0 Å². The summed E-state index contributed by atoms with van der Waals surface area (Å²) in [6.07, 6.45) is 0.468. The molecule has 0 saturated carbocycles. The average Bonchev–Trinajstić information content (AvgIpc) is 2.37. The van der Waals surface area contributed by atoms with Gasteiger partial charge in [0, 0.05) is 0 Å². The van der Waals surface area contributed by atoms with Gasteiger partial charge < -0.3 is 15.5 Å². The first-order valence-corrected chi connectivity index (χ1v) is 5.72. The largest absolute Gasteiger partial charge is 0.481 e. The topological polar surface area (TPSA) is 86.6 Å². The van der Waals surface area contributed by atoms with Gasteiger partial charge in [0.15, 0.2) is 0 Å².